The summed E-state index contributed by atoms with van der Waals surface area (Å²) in [4.78, 5) is 12.8. The number of rotatable bonds is 7. The number of guanidine groups is 1. The zero-order chi connectivity index (χ0) is 18.2. The zero-order valence-corrected chi connectivity index (χ0v) is 19.4. The highest BCUT2D eigenvalue weighted by molar-refractivity contribution is 14.0. The molecule has 1 fully saturated rings. The molecule has 0 radical (unpaired) electrons. The molecule has 1 aliphatic rings. The Morgan fingerprint density at radius 3 is 2.74 bits per heavy atom. The van der Waals surface area contributed by atoms with Gasteiger partial charge in [-0.2, -0.15) is 0 Å². The molecular weight excluding hydrogens is 493 g/mol. The maximum absolute atomic E-state index is 5.84. The predicted octanol–water partition coefficient (Wildman–Crippen LogP) is 4.31. The number of pyridine rings is 1. The summed E-state index contributed by atoms with van der Waals surface area (Å²) >= 11 is 7.68. The summed E-state index contributed by atoms with van der Waals surface area (Å²) in [5.41, 5.74) is 1.04. The topological polar surface area (TPSA) is 52.6 Å². The maximum Gasteiger partial charge on any atom is 0.191 e. The van der Waals surface area contributed by atoms with E-state index in [0.29, 0.717) is 17.7 Å². The van der Waals surface area contributed by atoms with Crippen molar-refractivity contribution >= 4 is 52.9 Å². The number of hydrogen-bond donors (Lipinski definition) is 2. The largest absolute Gasteiger partial charge is 0.357 e. The van der Waals surface area contributed by atoms with Gasteiger partial charge in [0.15, 0.2) is 5.96 Å². The van der Waals surface area contributed by atoms with E-state index >= 15 is 0 Å². The lowest BCUT2D eigenvalue weighted by atomic mass is 10.2. The Morgan fingerprint density at radius 2 is 2.11 bits per heavy atom. The average molecular weight is 520 g/mol. The van der Waals surface area contributed by atoms with E-state index in [-0.39, 0.29) is 24.0 Å². The monoisotopic (exact) mass is 519 g/mol. The molecule has 1 atom stereocenters. The van der Waals surface area contributed by atoms with Gasteiger partial charge in [-0.15, -0.1) is 35.3 Å². The third kappa shape index (κ3) is 6.89. The second-order valence-corrected chi connectivity index (χ2v) is 7.71. The highest BCUT2D eigenvalue weighted by Crippen LogP contribution is 2.27. The van der Waals surface area contributed by atoms with Gasteiger partial charge >= 0.3 is 0 Å². The number of aliphatic imine (C=N–C) groups is 1. The Morgan fingerprint density at radius 1 is 1.30 bits per heavy atom. The molecule has 5 nitrogen and oxygen atoms in total. The van der Waals surface area contributed by atoms with E-state index in [1.165, 1.54) is 30.8 Å². The number of hydrogen-bond acceptors (Lipinski definition) is 4. The van der Waals surface area contributed by atoms with Crippen LogP contribution in [0.15, 0.2) is 40.8 Å². The molecule has 3 heterocycles. The average Bonchev–Trinajstić information content (AvgIpc) is 3.35. The molecule has 0 spiro atoms. The molecule has 0 bridgehead atoms. The molecule has 27 heavy (non-hydrogen) atoms. The van der Waals surface area contributed by atoms with Crippen LogP contribution in [0.25, 0.3) is 0 Å². The lowest BCUT2D eigenvalue weighted by molar-refractivity contribution is 0.249. The van der Waals surface area contributed by atoms with Gasteiger partial charge < -0.3 is 10.6 Å². The first-order valence-electron chi connectivity index (χ1n) is 9.16. The van der Waals surface area contributed by atoms with E-state index in [1.807, 2.05) is 17.4 Å². The number of likely N-dealkylation sites (tertiary alicyclic amines) is 1. The summed E-state index contributed by atoms with van der Waals surface area (Å²) in [6, 6.07) is 8.53. The van der Waals surface area contributed by atoms with E-state index < -0.39 is 0 Å². The Bertz CT molecular complexity index is 687. The van der Waals surface area contributed by atoms with Crippen molar-refractivity contribution < 1.29 is 0 Å². The predicted molar refractivity (Wildman–Crippen MR) is 125 cm³/mol. The van der Waals surface area contributed by atoms with Gasteiger partial charge in [0.2, 0.25) is 0 Å². The van der Waals surface area contributed by atoms with Crippen molar-refractivity contribution in [1.29, 1.82) is 0 Å². The lowest BCUT2D eigenvalue weighted by Gasteiger charge is -2.27. The van der Waals surface area contributed by atoms with Crippen molar-refractivity contribution in [2.75, 3.05) is 26.2 Å². The molecule has 0 amide bonds. The molecule has 0 aliphatic carbocycles. The Balaban J connectivity index is 0.00000261. The number of thiophene rings is 1. The SMILES string of the molecule is CCNC(=NCc1ccc(Cl)nc1)NCC(c1cccs1)N1CCCC1.I. The molecule has 3 rings (SSSR count). The molecule has 0 aromatic carbocycles. The van der Waals surface area contributed by atoms with Crippen LogP contribution < -0.4 is 10.6 Å². The van der Waals surface area contributed by atoms with Crippen LogP contribution in [0.1, 0.15) is 36.2 Å². The fraction of sp³-hybridized carbons (Fsp3) is 0.474. The van der Waals surface area contributed by atoms with E-state index in [4.69, 9.17) is 11.6 Å². The van der Waals surface area contributed by atoms with E-state index in [0.717, 1.165) is 24.6 Å². The van der Waals surface area contributed by atoms with Crippen molar-refractivity contribution in [2.45, 2.75) is 32.4 Å². The summed E-state index contributed by atoms with van der Waals surface area (Å²) in [5, 5.41) is 9.52. The smallest absolute Gasteiger partial charge is 0.191 e. The third-order valence-electron chi connectivity index (χ3n) is 4.47. The molecule has 2 N–H and O–H groups in total. The fourth-order valence-corrected chi connectivity index (χ4v) is 4.12. The Kier molecular flexibility index (Phi) is 9.81. The highest BCUT2D eigenvalue weighted by atomic mass is 127. The van der Waals surface area contributed by atoms with Gasteiger partial charge in [0.1, 0.15) is 5.15 Å². The van der Waals surface area contributed by atoms with Gasteiger partial charge in [-0.3, -0.25) is 4.90 Å². The summed E-state index contributed by atoms with van der Waals surface area (Å²) in [6.45, 7) is 6.69. The van der Waals surface area contributed by atoms with Crippen LogP contribution >= 0.6 is 46.9 Å². The van der Waals surface area contributed by atoms with Crippen LogP contribution in [0.2, 0.25) is 5.15 Å². The molecule has 2 aromatic rings. The molecular formula is C19H27ClIN5S. The van der Waals surface area contributed by atoms with Crippen LogP contribution in [-0.4, -0.2) is 42.0 Å². The second kappa shape index (κ2) is 11.8. The van der Waals surface area contributed by atoms with Crippen molar-refractivity contribution in [3.63, 3.8) is 0 Å². The number of aromatic nitrogens is 1. The molecule has 2 aromatic heterocycles. The number of halogens is 2. The van der Waals surface area contributed by atoms with Crippen molar-refractivity contribution in [2.24, 2.45) is 4.99 Å². The normalized spacial score (nSPS) is 16.0. The minimum Gasteiger partial charge on any atom is -0.357 e. The summed E-state index contributed by atoms with van der Waals surface area (Å²) in [7, 11) is 0. The van der Waals surface area contributed by atoms with Crippen LogP contribution in [-0.2, 0) is 6.54 Å². The maximum atomic E-state index is 5.84. The van der Waals surface area contributed by atoms with Gasteiger partial charge in [-0.05, 0) is 55.9 Å². The minimum atomic E-state index is 0. The molecule has 1 unspecified atom stereocenters. The molecule has 148 valence electrons. The lowest BCUT2D eigenvalue weighted by Crippen LogP contribution is -2.42. The zero-order valence-electron chi connectivity index (χ0n) is 15.5. The van der Waals surface area contributed by atoms with E-state index in [2.05, 4.69) is 49.9 Å². The first-order chi connectivity index (χ1) is 12.8. The summed E-state index contributed by atoms with van der Waals surface area (Å²) < 4.78 is 0. The Labute approximate surface area is 187 Å². The quantitative estimate of drug-likeness (QED) is 0.248. The second-order valence-electron chi connectivity index (χ2n) is 6.34. The molecule has 8 heteroatoms. The summed E-state index contributed by atoms with van der Waals surface area (Å²) in [6.07, 6.45) is 4.35. The Hall–Kier alpha value is -0.900. The van der Waals surface area contributed by atoms with E-state index in [1.54, 1.807) is 12.3 Å². The third-order valence-corrected chi connectivity index (χ3v) is 5.67. The van der Waals surface area contributed by atoms with E-state index in [9.17, 15) is 0 Å². The van der Waals surface area contributed by atoms with Crippen LogP contribution in [0.3, 0.4) is 0 Å². The first-order valence-corrected chi connectivity index (χ1v) is 10.4. The number of nitrogens with one attached hydrogen (secondary N) is 2. The fourth-order valence-electron chi connectivity index (χ4n) is 3.15. The number of nitrogens with zero attached hydrogens (tertiary/aromatic N) is 3. The molecule has 1 aliphatic heterocycles. The van der Waals surface area contributed by atoms with Gasteiger partial charge in [-0.25, -0.2) is 9.98 Å². The van der Waals surface area contributed by atoms with Crippen LogP contribution in [0, 0.1) is 0 Å². The standard InChI is InChI=1S/C19H26ClN5S.HI/c1-2-21-19(23-13-15-7-8-18(20)22-12-15)24-14-16(17-6-5-11-26-17)25-9-3-4-10-25;/h5-8,11-12,16H,2-4,9-10,13-14H2,1H3,(H2,21,23,24);1H. The van der Waals surface area contributed by atoms with Gasteiger partial charge in [0.25, 0.3) is 0 Å². The van der Waals surface area contributed by atoms with Gasteiger partial charge in [0.05, 0.1) is 12.6 Å². The van der Waals surface area contributed by atoms with Crippen LogP contribution in [0.5, 0.6) is 0 Å². The molecule has 0 saturated carbocycles. The van der Waals surface area contributed by atoms with Crippen LogP contribution in [0.4, 0.5) is 0 Å². The van der Waals surface area contributed by atoms with Crippen molar-refractivity contribution in [1.82, 2.24) is 20.5 Å². The molecule has 1 saturated heterocycles. The van der Waals surface area contributed by atoms with Gasteiger partial charge in [-0.1, -0.05) is 23.7 Å². The van der Waals surface area contributed by atoms with Crippen molar-refractivity contribution in [3.05, 3.63) is 51.4 Å². The summed E-state index contributed by atoms with van der Waals surface area (Å²) in [5.74, 6) is 0.836. The highest BCUT2D eigenvalue weighted by Gasteiger charge is 2.24. The first kappa shape index (κ1) is 22.4. The van der Waals surface area contributed by atoms with Crippen molar-refractivity contribution in [3.8, 4) is 0 Å². The van der Waals surface area contributed by atoms with Gasteiger partial charge in [0, 0.05) is 24.2 Å². The minimum absolute atomic E-state index is 0.